The molecule has 1 unspecified atom stereocenters. The number of aromatic amines is 1. The molecule has 1 aliphatic rings. The molecule has 0 bridgehead atoms. The number of hydrogen-bond acceptors (Lipinski definition) is 10. The number of carboxylic acid groups (broad SMARTS) is 2. The predicted octanol–water partition coefficient (Wildman–Crippen LogP) is -0.108. The Kier molecular flexibility index (Phi) is 6.92. The number of carbonyl (C=O) groups excluding carboxylic acids is 1. The number of hydrogen-bond donors (Lipinski definition) is 6. The van der Waals surface area contributed by atoms with Gasteiger partial charge in [-0.15, -0.1) is 0 Å². The summed E-state index contributed by atoms with van der Waals surface area (Å²) in [4.78, 5) is 59.0. The molecule has 0 fully saturated rings. The summed E-state index contributed by atoms with van der Waals surface area (Å²) in [5.74, 6) is -2.65. The number of amides is 1. The van der Waals surface area contributed by atoms with E-state index in [1.54, 1.807) is 0 Å². The Morgan fingerprint density at radius 3 is 2.84 bits per heavy atom. The summed E-state index contributed by atoms with van der Waals surface area (Å²) in [6.07, 6.45) is 1.53. The molecule has 14 heteroatoms. The van der Waals surface area contributed by atoms with E-state index >= 15 is 0 Å². The summed E-state index contributed by atoms with van der Waals surface area (Å²) in [5.41, 5.74) is 5.87. The van der Waals surface area contributed by atoms with E-state index in [-0.39, 0.29) is 35.3 Å². The Hall–Kier alpha value is -3.68. The number of aromatic nitrogens is 3. The molecular weight excluding hydrogens is 442 g/mol. The number of rotatable bonds is 10. The number of fused-ring (bicyclic) bond motifs is 1. The van der Waals surface area contributed by atoms with Gasteiger partial charge >= 0.3 is 11.9 Å². The number of nitrogen functional groups attached to an aromatic ring is 1. The zero-order valence-electron chi connectivity index (χ0n) is 17.1. The zero-order valence-corrected chi connectivity index (χ0v) is 17.9. The van der Waals surface area contributed by atoms with Crippen LogP contribution in [0.3, 0.4) is 0 Å². The maximum absolute atomic E-state index is 12.4. The molecule has 0 aliphatic carbocycles. The molecule has 3 rings (SSSR count). The fraction of sp³-hybridized carbons (Fsp3) is 0.444. The molecule has 0 aromatic carbocycles. The second-order valence-corrected chi connectivity index (χ2v) is 8.31. The highest BCUT2D eigenvalue weighted by Gasteiger charge is 2.28. The molecule has 2 aromatic rings. The summed E-state index contributed by atoms with van der Waals surface area (Å²) >= 11 is 1.08. The lowest BCUT2D eigenvalue weighted by Crippen LogP contribution is -2.41. The highest BCUT2D eigenvalue weighted by molar-refractivity contribution is 7.17. The number of nitrogens with one attached hydrogen (secondary N) is 3. The molecule has 2 aromatic heterocycles. The average molecular weight is 465 g/mol. The lowest BCUT2D eigenvalue weighted by molar-refractivity contribution is -0.140. The Morgan fingerprint density at radius 2 is 2.16 bits per heavy atom. The van der Waals surface area contributed by atoms with Gasteiger partial charge in [0.1, 0.15) is 16.9 Å². The van der Waals surface area contributed by atoms with Crippen molar-refractivity contribution in [3.8, 4) is 0 Å². The van der Waals surface area contributed by atoms with Crippen LogP contribution in [0.4, 0.5) is 16.8 Å². The highest BCUT2D eigenvalue weighted by Crippen LogP contribution is 2.30. The first-order valence-electron chi connectivity index (χ1n) is 9.71. The van der Waals surface area contributed by atoms with Crippen molar-refractivity contribution in [2.45, 2.75) is 31.2 Å². The maximum Gasteiger partial charge on any atom is 0.326 e. The fourth-order valence-corrected chi connectivity index (χ4v) is 4.14. The van der Waals surface area contributed by atoms with Gasteiger partial charge in [0.05, 0.1) is 11.8 Å². The van der Waals surface area contributed by atoms with Crippen molar-refractivity contribution in [1.29, 1.82) is 0 Å². The van der Waals surface area contributed by atoms with Crippen LogP contribution >= 0.6 is 11.3 Å². The van der Waals surface area contributed by atoms with Crippen molar-refractivity contribution >= 4 is 45.9 Å². The Balaban J connectivity index is 1.59. The van der Waals surface area contributed by atoms with Crippen LogP contribution in [0.25, 0.3) is 0 Å². The molecule has 0 saturated heterocycles. The van der Waals surface area contributed by atoms with Crippen LogP contribution in [0.2, 0.25) is 0 Å². The van der Waals surface area contributed by atoms with Crippen molar-refractivity contribution in [2.75, 3.05) is 36.1 Å². The summed E-state index contributed by atoms with van der Waals surface area (Å²) in [6.45, 7) is 1.13. The molecule has 3 heterocycles. The molecule has 0 saturated carbocycles. The van der Waals surface area contributed by atoms with E-state index in [9.17, 15) is 24.3 Å². The van der Waals surface area contributed by atoms with Crippen molar-refractivity contribution in [3.63, 3.8) is 0 Å². The zero-order chi connectivity index (χ0) is 23.4. The van der Waals surface area contributed by atoms with Crippen LogP contribution in [0.1, 0.15) is 40.5 Å². The molecule has 2 atom stereocenters. The van der Waals surface area contributed by atoms with E-state index < -0.39 is 23.9 Å². The average Bonchev–Trinajstić information content (AvgIpc) is 3.36. The third kappa shape index (κ3) is 5.32. The van der Waals surface area contributed by atoms with Crippen LogP contribution in [-0.4, -0.2) is 69.2 Å². The first-order valence-corrected chi connectivity index (χ1v) is 10.5. The van der Waals surface area contributed by atoms with Crippen molar-refractivity contribution in [3.05, 3.63) is 27.1 Å². The third-order valence-corrected chi connectivity index (χ3v) is 6.14. The largest absolute Gasteiger partial charge is 0.481 e. The Morgan fingerprint density at radius 1 is 1.41 bits per heavy atom. The topological polar surface area (TPSA) is 204 Å². The Bertz CT molecular complexity index is 1080. The van der Waals surface area contributed by atoms with E-state index in [2.05, 4.69) is 25.6 Å². The lowest BCUT2D eigenvalue weighted by atomic mass is 10.0. The van der Waals surface area contributed by atoms with Crippen LogP contribution in [0.5, 0.6) is 0 Å². The standard InChI is InChI=1S/C18H23N7O6S/c1-25(5-4-8-6-20-13-12(8)14(28)24-18(19)23-13)10-7-21-16(32-10)15(29)22-9(17(30)31)2-3-11(26)27/h7-9H,2-6H2,1H3,(H,22,29)(H,26,27)(H,30,31)(H4,19,20,23,24,28)/t8?,9-/m0/s1. The second-order valence-electron chi connectivity index (χ2n) is 7.30. The normalized spacial score (nSPS) is 15.5. The van der Waals surface area contributed by atoms with E-state index in [1.807, 2.05) is 11.9 Å². The summed E-state index contributed by atoms with van der Waals surface area (Å²) in [7, 11) is 1.82. The smallest absolute Gasteiger partial charge is 0.326 e. The highest BCUT2D eigenvalue weighted by atomic mass is 32.1. The number of nitrogens with zero attached hydrogens (tertiary/aromatic N) is 3. The van der Waals surface area contributed by atoms with Crippen molar-refractivity contribution in [2.24, 2.45) is 0 Å². The minimum absolute atomic E-state index is 0.0504. The SMILES string of the molecule is CN(CCC1CNc2nc(N)[nH]c(=O)c21)c1cnc(C(=O)N[C@@H](CCC(=O)O)C(=O)O)s1. The van der Waals surface area contributed by atoms with Gasteiger partial charge < -0.3 is 31.5 Å². The first-order chi connectivity index (χ1) is 15.2. The van der Waals surface area contributed by atoms with Gasteiger partial charge in [-0.2, -0.15) is 4.98 Å². The Labute approximate surface area is 185 Å². The van der Waals surface area contributed by atoms with Crippen LogP contribution < -0.4 is 26.8 Å². The molecule has 13 nitrogen and oxygen atoms in total. The van der Waals surface area contributed by atoms with E-state index in [0.29, 0.717) is 35.9 Å². The van der Waals surface area contributed by atoms with Gasteiger partial charge in [0, 0.05) is 32.5 Å². The number of H-pyrrole nitrogens is 1. The van der Waals surface area contributed by atoms with E-state index in [1.165, 1.54) is 6.20 Å². The van der Waals surface area contributed by atoms with Gasteiger partial charge in [-0.25, -0.2) is 9.78 Å². The van der Waals surface area contributed by atoms with Crippen molar-refractivity contribution < 1.29 is 24.6 Å². The minimum atomic E-state index is -1.32. The van der Waals surface area contributed by atoms with E-state index in [0.717, 1.165) is 11.3 Å². The van der Waals surface area contributed by atoms with Gasteiger partial charge in [-0.3, -0.25) is 19.4 Å². The molecule has 7 N–H and O–H groups in total. The van der Waals surface area contributed by atoms with Gasteiger partial charge in [-0.05, 0) is 12.8 Å². The second kappa shape index (κ2) is 9.64. The lowest BCUT2D eigenvalue weighted by Gasteiger charge is -2.18. The molecule has 32 heavy (non-hydrogen) atoms. The van der Waals surface area contributed by atoms with Gasteiger partial charge in [0.15, 0.2) is 5.01 Å². The summed E-state index contributed by atoms with van der Waals surface area (Å²) < 4.78 is 0. The van der Waals surface area contributed by atoms with E-state index in [4.69, 9.17) is 10.8 Å². The summed E-state index contributed by atoms with van der Waals surface area (Å²) in [5, 5.41) is 24.0. The molecular formula is C18H23N7O6S. The van der Waals surface area contributed by atoms with Crippen LogP contribution in [0.15, 0.2) is 11.0 Å². The number of thiazole rings is 1. The van der Waals surface area contributed by atoms with Crippen molar-refractivity contribution in [1.82, 2.24) is 20.3 Å². The first kappa shape index (κ1) is 23.0. The minimum Gasteiger partial charge on any atom is -0.481 e. The summed E-state index contributed by atoms with van der Waals surface area (Å²) in [6, 6.07) is -1.32. The molecule has 0 radical (unpaired) electrons. The number of nitrogens with two attached hydrogens (primary N) is 1. The number of carbonyl (C=O) groups is 3. The van der Waals surface area contributed by atoms with Crippen LogP contribution in [0, 0.1) is 0 Å². The van der Waals surface area contributed by atoms with Gasteiger partial charge in [0.2, 0.25) is 5.95 Å². The predicted molar refractivity (Wildman–Crippen MR) is 116 cm³/mol. The number of aliphatic carboxylic acids is 2. The fourth-order valence-electron chi connectivity index (χ4n) is 3.33. The van der Waals surface area contributed by atoms with Gasteiger partial charge in [-0.1, -0.05) is 11.3 Å². The van der Waals surface area contributed by atoms with Crippen LogP contribution in [-0.2, 0) is 9.59 Å². The molecule has 1 amide bonds. The van der Waals surface area contributed by atoms with Gasteiger partial charge in [0.25, 0.3) is 11.5 Å². The quantitative estimate of drug-likeness (QED) is 0.273. The number of carboxylic acids is 2. The molecule has 172 valence electrons. The third-order valence-electron chi connectivity index (χ3n) is 5.02. The monoisotopic (exact) mass is 465 g/mol. The molecule has 0 spiro atoms. The number of anilines is 3. The maximum atomic E-state index is 12.4. The molecule has 1 aliphatic heterocycles.